The molecule has 4 heteroatoms. The zero-order chi connectivity index (χ0) is 15.1. The van der Waals surface area contributed by atoms with Crippen LogP contribution in [0.4, 0.5) is 4.39 Å². The second-order valence-electron chi connectivity index (χ2n) is 4.30. The van der Waals surface area contributed by atoms with E-state index in [2.05, 4.69) is 9.97 Å². The summed E-state index contributed by atoms with van der Waals surface area (Å²) in [7, 11) is 0. The van der Waals surface area contributed by atoms with E-state index in [1.165, 1.54) is 12.1 Å². The minimum atomic E-state index is -0.220. The minimum absolute atomic E-state index is 0.220. The maximum absolute atomic E-state index is 12.8. The average molecular weight is 275 g/mol. The SMILES string of the molecule is CC.Cc1nc(CN)nc(C)c1Cc1ccc(F)cc1. The van der Waals surface area contributed by atoms with Crippen LogP contribution >= 0.6 is 0 Å². The number of rotatable bonds is 3. The first-order valence-corrected chi connectivity index (χ1v) is 6.87. The Kier molecular flexibility index (Phi) is 6.25. The number of hydrogen-bond acceptors (Lipinski definition) is 3. The molecule has 2 rings (SSSR count). The van der Waals surface area contributed by atoms with Crippen molar-refractivity contribution in [2.24, 2.45) is 5.73 Å². The summed E-state index contributed by atoms with van der Waals surface area (Å²) < 4.78 is 12.8. The number of nitrogens with two attached hydrogens (primary N) is 1. The van der Waals surface area contributed by atoms with Gasteiger partial charge in [-0.1, -0.05) is 26.0 Å². The summed E-state index contributed by atoms with van der Waals surface area (Å²) in [5.41, 5.74) is 9.54. The minimum Gasteiger partial charge on any atom is -0.324 e. The van der Waals surface area contributed by atoms with E-state index in [-0.39, 0.29) is 5.82 Å². The molecular formula is C16H22FN3. The van der Waals surface area contributed by atoms with Gasteiger partial charge in [-0.2, -0.15) is 0 Å². The van der Waals surface area contributed by atoms with Gasteiger partial charge in [0, 0.05) is 17.8 Å². The van der Waals surface area contributed by atoms with Crippen LogP contribution in [0.2, 0.25) is 0 Å². The molecule has 1 aromatic carbocycles. The summed E-state index contributed by atoms with van der Waals surface area (Å²) in [4.78, 5) is 8.71. The molecule has 0 atom stereocenters. The summed E-state index contributed by atoms with van der Waals surface area (Å²) in [6.07, 6.45) is 0.711. The van der Waals surface area contributed by atoms with Crippen LogP contribution < -0.4 is 5.73 Å². The first kappa shape index (κ1) is 16.2. The Labute approximate surface area is 120 Å². The van der Waals surface area contributed by atoms with E-state index in [1.54, 1.807) is 12.1 Å². The molecule has 3 nitrogen and oxygen atoms in total. The highest BCUT2D eigenvalue weighted by molar-refractivity contribution is 5.31. The Morgan fingerprint density at radius 3 is 1.95 bits per heavy atom. The fourth-order valence-corrected chi connectivity index (χ4v) is 1.96. The molecule has 0 saturated heterocycles. The maximum atomic E-state index is 12.8. The third kappa shape index (κ3) is 4.10. The van der Waals surface area contributed by atoms with Gasteiger partial charge in [0.2, 0.25) is 0 Å². The molecule has 0 aliphatic rings. The van der Waals surface area contributed by atoms with E-state index < -0.39 is 0 Å². The van der Waals surface area contributed by atoms with Crippen LogP contribution in [0.5, 0.6) is 0 Å². The Morgan fingerprint density at radius 2 is 1.50 bits per heavy atom. The Balaban J connectivity index is 0.000000956. The number of nitrogens with zero attached hydrogens (tertiary/aromatic N) is 2. The molecule has 0 fully saturated rings. The molecule has 0 aliphatic carbocycles. The molecule has 1 heterocycles. The monoisotopic (exact) mass is 275 g/mol. The number of halogens is 1. The molecular weight excluding hydrogens is 253 g/mol. The van der Waals surface area contributed by atoms with Gasteiger partial charge in [-0.3, -0.25) is 0 Å². The Bertz CT molecular complexity index is 527. The summed E-state index contributed by atoms with van der Waals surface area (Å²) in [6.45, 7) is 8.25. The van der Waals surface area contributed by atoms with E-state index in [0.29, 0.717) is 18.8 Å². The van der Waals surface area contributed by atoms with E-state index in [9.17, 15) is 4.39 Å². The van der Waals surface area contributed by atoms with Crippen LogP contribution in [-0.4, -0.2) is 9.97 Å². The van der Waals surface area contributed by atoms with Crippen LogP contribution in [0, 0.1) is 19.7 Å². The van der Waals surface area contributed by atoms with E-state index in [0.717, 1.165) is 22.5 Å². The molecule has 0 unspecified atom stereocenters. The highest BCUT2D eigenvalue weighted by atomic mass is 19.1. The number of aromatic nitrogens is 2. The van der Waals surface area contributed by atoms with Crippen molar-refractivity contribution in [3.8, 4) is 0 Å². The molecule has 20 heavy (non-hydrogen) atoms. The molecule has 0 bridgehead atoms. The molecule has 108 valence electrons. The average Bonchev–Trinajstić information content (AvgIpc) is 2.46. The van der Waals surface area contributed by atoms with Crippen LogP contribution in [-0.2, 0) is 13.0 Å². The zero-order valence-electron chi connectivity index (χ0n) is 12.6. The Morgan fingerprint density at radius 1 is 1.00 bits per heavy atom. The largest absolute Gasteiger partial charge is 0.324 e. The van der Waals surface area contributed by atoms with Gasteiger partial charge in [0.1, 0.15) is 11.6 Å². The molecule has 0 saturated carbocycles. The van der Waals surface area contributed by atoms with Gasteiger partial charge in [-0.15, -0.1) is 0 Å². The van der Waals surface area contributed by atoms with Crippen molar-refractivity contribution in [1.82, 2.24) is 9.97 Å². The summed E-state index contributed by atoms with van der Waals surface area (Å²) in [5.74, 6) is 0.440. The lowest BCUT2D eigenvalue weighted by Gasteiger charge is -2.10. The number of benzene rings is 1. The summed E-state index contributed by atoms with van der Waals surface area (Å²) in [5, 5.41) is 0. The number of hydrogen-bond donors (Lipinski definition) is 1. The Hall–Kier alpha value is -1.81. The van der Waals surface area contributed by atoms with Gasteiger partial charge in [0.05, 0.1) is 6.54 Å². The van der Waals surface area contributed by atoms with Gasteiger partial charge >= 0.3 is 0 Å². The van der Waals surface area contributed by atoms with E-state index in [4.69, 9.17) is 5.73 Å². The van der Waals surface area contributed by atoms with Crippen LogP contribution in [0.25, 0.3) is 0 Å². The van der Waals surface area contributed by atoms with Gasteiger partial charge < -0.3 is 5.73 Å². The lowest BCUT2D eigenvalue weighted by Crippen LogP contribution is -2.09. The topological polar surface area (TPSA) is 51.8 Å². The highest BCUT2D eigenvalue weighted by Crippen LogP contribution is 2.16. The van der Waals surface area contributed by atoms with Gasteiger partial charge in [-0.05, 0) is 37.1 Å². The van der Waals surface area contributed by atoms with Crippen molar-refractivity contribution in [2.45, 2.75) is 40.7 Å². The molecule has 1 aromatic heterocycles. The van der Waals surface area contributed by atoms with Crippen molar-refractivity contribution < 1.29 is 4.39 Å². The van der Waals surface area contributed by atoms with Crippen molar-refractivity contribution in [3.63, 3.8) is 0 Å². The molecule has 0 aliphatic heterocycles. The molecule has 2 aromatic rings. The predicted molar refractivity (Wildman–Crippen MR) is 80.0 cm³/mol. The third-order valence-corrected chi connectivity index (χ3v) is 2.94. The van der Waals surface area contributed by atoms with Crippen molar-refractivity contribution in [1.29, 1.82) is 0 Å². The smallest absolute Gasteiger partial charge is 0.142 e. The van der Waals surface area contributed by atoms with Crippen LogP contribution in [0.3, 0.4) is 0 Å². The first-order valence-electron chi connectivity index (χ1n) is 6.87. The van der Waals surface area contributed by atoms with Gasteiger partial charge in [0.15, 0.2) is 0 Å². The second-order valence-corrected chi connectivity index (χ2v) is 4.30. The first-order chi connectivity index (χ1) is 9.60. The number of aryl methyl sites for hydroxylation is 2. The van der Waals surface area contributed by atoms with Crippen LogP contribution in [0.15, 0.2) is 24.3 Å². The normalized spacial score (nSPS) is 9.90. The fourth-order valence-electron chi connectivity index (χ4n) is 1.96. The molecule has 0 radical (unpaired) electrons. The van der Waals surface area contributed by atoms with E-state index >= 15 is 0 Å². The quantitative estimate of drug-likeness (QED) is 0.935. The lowest BCUT2D eigenvalue weighted by molar-refractivity contribution is 0.627. The fraction of sp³-hybridized carbons (Fsp3) is 0.375. The molecule has 2 N–H and O–H groups in total. The van der Waals surface area contributed by atoms with Crippen LogP contribution in [0.1, 0.15) is 42.2 Å². The van der Waals surface area contributed by atoms with Gasteiger partial charge in [0.25, 0.3) is 0 Å². The molecule has 0 spiro atoms. The maximum Gasteiger partial charge on any atom is 0.142 e. The second kappa shape index (κ2) is 7.70. The predicted octanol–water partition coefficient (Wildman–Crippen LogP) is 3.31. The van der Waals surface area contributed by atoms with Crippen molar-refractivity contribution in [3.05, 3.63) is 58.4 Å². The van der Waals surface area contributed by atoms with E-state index in [1.807, 2.05) is 27.7 Å². The summed E-state index contributed by atoms with van der Waals surface area (Å²) >= 11 is 0. The van der Waals surface area contributed by atoms with Gasteiger partial charge in [-0.25, -0.2) is 14.4 Å². The highest BCUT2D eigenvalue weighted by Gasteiger charge is 2.08. The van der Waals surface area contributed by atoms with Crippen molar-refractivity contribution in [2.75, 3.05) is 0 Å². The standard InChI is InChI=1S/C14H16FN3.C2H6/c1-9-13(10(2)18-14(8-16)17-9)7-11-3-5-12(15)6-4-11;1-2/h3-6H,7-8,16H2,1-2H3;1-2H3. The lowest BCUT2D eigenvalue weighted by atomic mass is 10.0. The summed E-state index contributed by atoms with van der Waals surface area (Å²) in [6, 6.07) is 6.50. The zero-order valence-corrected chi connectivity index (χ0v) is 12.6. The third-order valence-electron chi connectivity index (χ3n) is 2.94. The molecule has 0 amide bonds. The van der Waals surface area contributed by atoms with Crippen molar-refractivity contribution >= 4 is 0 Å².